The molecule has 1 aliphatic carbocycles. The highest BCUT2D eigenvalue weighted by Gasteiger charge is 2.36. The van der Waals surface area contributed by atoms with Gasteiger partial charge in [0.2, 0.25) is 0 Å². The number of ether oxygens (including phenoxy) is 3. The summed E-state index contributed by atoms with van der Waals surface area (Å²) in [5, 5.41) is 0. The predicted molar refractivity (Wildman–Crippen MR) is 55.4 cm³/mol. The average Bonchev–Trinajstić information content (AvgIpc) is 2.26. The number of hydrogen-bond donors (Lipinski definition) is 0. The van der Waals surface area contributed by atoms with Gasteiger partial charge >= 0.3 is 0 Å². The van der Waals surface area contributed by atoms with E-state index >= 15 is 0 Å². The molecule has 0 aliphatic heterocycles. The van der Waals surface area contributed by atoms with E-state index in [0.29, 0.717) is 12.0 Å². The van der Waals surface area contributed by atoms with Gasteiger partial charge in [-0.1, -0.05) is 13.3 Å². The fourth-order valence-electron chi connectivity index (χ4n) is 2.39. The molecule has 4 unspecified atom stereocenters. The van der Waals surface area contributed by atoms with Crippen molar-refractivity contribution in [2.75, 3.05) is 21.3 Å². The molecule has 3 heteroatoms. The van der Waals surface area contributed by atoms with Crippen LogP contribution in [-0.2, 0) is 14.2 Å². The summed E-state index contributed by atoms with van der Waals surface area (Å²) in [6, 6.07) is 0. The molecule has 0 aromatic rings. The standard InChI is InChI=1S/C11H22O3/c1-5-8-6-10(13-3)11(14-4)7-9(8)12-2/h8-11H,5-7H2,1-4H3. The fourth-order valence-corrected chi connectivity index (χ4v) is 2.39. The Bertz CT molecular complexity index is 127. The minimum atomic E-state index is 0.188. The molecule has 14 heavy (non-hydrogen) atoms. The second-order valence-electron chi connectivity index (χ2n) is 3.96. The van der Waals surface area contributed by atoms with E-state index in [-0.39, 0.29) is 12.2 Å². The Morgan fingerprint density at radius 3 is 1.79 bits per heavy atom. The summed E-state index contributed by atoms with van der Waals surface area (Å²) in [7, 11) is 5.29. The number of rotatable bonds is 4. The van der Waals surface area contributed by atoms with Crippen LogP contribution < -0.4 is 0 Å². The van der Waals surface area contributed by atoms with E-state index in [1.54, 1.807) is 21.3 Å². The molecule has 0 spiro atoms. The molecule has 1 rings (SSSR count). The molecule has 0 amide bonds. The average molecular weight is 202 g/mol. The third-order valence-electron chi connectivity index (χ3n) is 3.37. The van der Waals surface area contributed by atoms with Gasteiger partial charge in [-0.3, -0.25) is 0 Å². The van der Waals surface area contributed by atoms with Crippen molar-refractivity contribution in [1.82, 2.24) is 0 Å². The molecule has 84 valence electrons. The van der Waals surface area contributed by atoms with Crippen molar-refractivity contribution in [3.63, 3.8) is 0 Å². The van der Waals surface area contributed by atoms with E-state index in [1.165, 1.54) is 0 Å². The minimum Gasteiger partial charge on any atom is -0.381 e. The normalized spacial score (nSPS) is 38.6. The molecule has 4 atom stereocenters. The van der Waals surface area contributed by atoms with E-state index in [0.717, 1.165) is 19.3 Å². The molecule has 0 N–H and O–H groups in total. The highest BCUT2D eigenvalue weighted by atomic mass is 16.5. The van der Waals surface area contributed by atoms with Crippen LogP contribution in [-0.4, -0.2) is 39.6 Å². The van der Waals surface area contributed by atoms with E-state index in [2.05, 4.69) is 6.92 Å². The molecule has 1 fully saturated rings. The van der Waals surface area contributed by atoms with Crippen LogP contribution in [0.1, 0.15) is 26.2 Å². The fraction of sp³-hybridized carbons (Fsp3) is 1.00. The summed E-state index contributed by atoms with van der Waals surface area (Å²) < 4.78 is 16.3. The largest absolute Gasteiger partial charge is 0.381 e. The van der Waals surface area contributed by atoms with Gasteiger partial charge in [0.1, 0.15) is 0 Å². The van der Waals surface area contributed by atoms with Gasteiger partial charge in [0.05, 0.1) is 18.3 Å². The topological polar surface area (TPSA) is 27.7 Å². The lowest BCUT2D eigenvalue weighted by molar-refractivity contribution is -0.117. The van der Waals surface area contributed by atoms with Gasteiger partial charge in [0.25, 0.3) is 0 Å². The van der Waals surface area contributed by atoms with Crippen molar-refractivity contribution in [1.29, 1.82) is 0 Å². The van der Waals surface area contributed by atoms with Crippen LogP contribution in [0.5, 0.6) is 0 Å². The molecule has 1 saturated carbocycles. The smallest absolute Gasteiger partial charge is 0.0857 e. The Hall–Kier alpha value is -0.120. The molecule has 1 aliphatic rings. The first-order chi connectivity index (χ1) is 6.76. The maximum Gasteiger partial charge on any atom is 0.0857 e. The monoisotopic (exact) mass is 202 g/mol. The van der Waals surface area contributed by atoms with E-state index in [4.69, 9.17) is 14.2 Å². The lowest BCUT2D eigenvalue weighted by Crippen LogP contribution is -2.44. The molecule has 0 bridgehead atoms. The van der Waals surface area contributed by atoms with E-state index in [1.807, 2.05) is 0 Å². The Kier molecular flexibility index (Phi) is 4.85. The van der Waals surface area contributed by atoms with Gasteiger partial charge in [0, 0.05) is 27.8 Å². The van der Waals surface area contributed by atoms with E-state index in [9.17, 15) is 0 Å². The van der Waals surface area contributed by atoms with Crippen LogP contribution in [0.4, 0.5) is 0 Å². The minimum absolute atomic E-state index is 0.188. The van der Waals surface area contributed by atoms with Crippen molar-refractivity contribution in [3.05, 3.63) is 0 Å². The summed E-state index contributed by atoms with van der Waals surface area (Å²) in [6.45, 7) is 2.20. The molecule has 0 saturated heterocycles. The molecule has 0 radical (unpaired) electrons. The zero-order valence-corrected chi connectivity index (χ0v) is 9.66. The molecule has 3 nitrogen and oxygen atoms in total. The summed E-state index contributed by atoms with van der Waals surface area (Å²) in [4.78, 5) is 0. The highest BCUT2D eigenvalue weighted by Crippen LogP contribution is 2.32. The molecular formula is C11H22O3. The van der Waals surface area contributed by atoms with Crippen LogP contribution in [0.3, 0.4) is 0 Å². The number of methoxy groups -OCH3 is 3. The Balaban J connectivity index is 2.59. The first kappa shape index (κ1) is 12.0. The van der Waals surface area contributed by atoms with Crippen LogP contribution >= 0.6 is 0 Å². The van der Waals surface area contributed by atoms with Crippen molar-refractivity contribution >= 4 is 0 Å². The Labute approximate surface area is 86.7 Å². The summed E-state index contributed by atoms with van der Waals surface area (Å²) in [6.07, 6.45) is 3.89. The van der Waals surface area contributed by atoms with Crippen molar-refractivity contribution < 1.29 is 14.2 Å². The lowest BCUT2D eigenvalue weighted by Gasteiger charge is -2.39. The maximum atomic E-state index is 5.48. The first-order valence-electron chi connectivity index (χ1n) is 5.35. The second kappa shape index (κ2) is 5.69. The van der Waals surface area contributed by atoms with E-state index < -0.39 is 0 Å². The van der Waals surface area contributed by atoms with Crippen molar-refractivity contribution in [2.24, 2.45) is 5.92 Å². The molecular weight excluding hydrogens is 180 g/mol. The van der Waals surface area contributed by atoms with Gasteiger partial charge in [-0.05, 0) is 12.3 Å². The second-order valence-corrected chi connectivity index (χ2v) is 3.96. The van der Waals surface area contributed by atoms with Gasteiger partial charge < -0.3 is 14.2 Å². The Morgan fingerprint density at radius 2 is 1.36 bits per heavy atom. The summed E-state index contributed by atoms with van der Waals surface area (Å²) in [5.41, 5.74) is 0. The molecule has 0 heterocycles. The third-order valence-corrected chi connectivity index (χ3v) is 3.37. The van der Waals surface area contributed by atoms with Gasteiger partial charge in [0.15, 0.2) is 0 Å². The first-order valence-corrected chi connectivity index (χ1v) is 5.35. The van der Waals surface area contributed by atoms with Gasteiger partial charge in [-0.25, -0.2) is 0 Å². The van der Waals surface area contributed by atoms with Crippen LogP contribution in [0.2, 0.25) is 0 Å². The van der Waals surface area contributed by atoms with Crippen molar-refractivity contribution in [2.45, 2.75) is 44.5 Å². The molecule has 0 aromatic carbocycles. The lowest BCUT2D eigenvalue weighted by atomic mass is 9.81. The van der Waals surface area contributed by atoms with Crippen molar-refractivity contribution in [3.8, 4) is 0 Å². The number of hydrogen-bond acceptors (Lipinski definition) is 3. The maximum absolute atomic E-state index is 5.48. The zero-order valence-electron chi connectivity index (χ0n) is 9.66. The molecule has 0 aromatic heterocycles. The van der Waals surface area contributed by atoms with Crippen LogP contribution in [0.25, 0.3) is 0 Å². The van der Waals surface area contributed by atoms with Crippen LogP contribution in [0.15, 0.2) is 0 Å². The predicted octanol–water partition coefficient (Wildman–Crippen LogP) is 1.85. The van der Waals surface area contributed by atoms with Gasteiger partial charge in [-0.2, -0.15) is 0 Å². The summed E-state index contributed by atoms with van der Waals surface area (Å²) in [5.74, 6) is 0.608. The van der Waals surface area contributed by atoms with Crippen LogP contribution in [0, 0.1) is 5.92 Å². The summed E-state index contributed by atoms with van der Waals surface area (Å²) >= 11 is 0. The zero-order chi connectivity index (χ0) is 10.6. The SMILES string of the molecule is CCC1CC(OC)C(OC)CC1OC. The quantitative estimate of drug-likeness (QED) is 0.696. The Morgan fingerprint density at radius 1 is 0.857 bits per heavy atom. The third kappa shape index (κ3) is 2.47. The van der Waals surface area contributed by atoms with Gasteiger partial charge in [-0.15, -0.1) is 0 Å². The highest BCUT2D eigenvalue weighted by molar-refractivity contribution is 4.87.